The van der Waals surface area contributed by atoms with Gasteiger partial charge in [-0.3, -0.25) is 4.79 Å². The molecule has 1 aliphatic heterocycles. The van der Waals surface area contributed by atoms with E-state index >= 15 is 0 Å². The number of rotatable bonds is 5. The molecule has 0 amide bonds. The fraction of sp³-hybridized carbons (Fsp3) is 0.222. The van der Waals surface area contributed by atoms with Crippen LogP contribution in [0.1, 0.15) is 18.4 Å². The van der Waals surface area contributed by atoms with E-state index in [1.165, 1.54) is 0 Å². The maximum Gasteiger partial charge on any atom is 0.362 e. The van der Waals surface area contributed by atoms with Crippen LogP contribution in [0.4, 0.5) is 0 Å². The summed E-state index contributed by atoms with van der Waals surface area (Å²) < 4.78 is 10.7. The molecule has 1 fully saturated rings. The summed E-state index contributed by atoms with van der Waals surface area (Å²) in [7, 11) is 0. The molecule has 1 atom stereocenters. The van der Waals surface area contributed by atoms with Gasteiger partial charge in [-0.2, -0.15) is 0 Å². The zero-order chi connectivity index (χ0) is 17.0. The van der Waals surface area contributed by atoms with Crippen LogP contribution in [0.25, 0.3) is 0 Å². The zero-order valence-corrected chi connectivity index (χ0v) is 14.3. The molecule has 1 aliphatic rings. The van der Waals surface area contributed by atoms with E-state index in [0.29, 0.717) is 9.92 Å². The molecule has 4 nitrogen and oxygen atoms in total. The normalized spacial score (nSPS) is 19.8. The Balaban J connectivity index is 1.77. The molecule has 6 heteroatoms. The van der Waals surface area contributed by atoms with Crippen LogP contribution in [0.5, 0.6) is 0 Å². The summed E-state index contributed by atoms with van der Waals surface area (Å²) in [5, 5.41) is 0.501. The molecule has 0 aliphatic carbocycles. The number of carbonyl (C=O) groups excluding carboxylic acids is 2. The summed E-state index contributed by atoms with van der Waals surface area (Å²) >= 11 is 7.29. The van der Waals surface area contributed by atoms with Gasteiger partial charge in [0, 0.05) is 11.3 Å². The Kier molecular flexibility index (Phi) is 5.11. The number of ether oxygens (including phenoxy) is 2. The minimum atomic E-state index is -1.38. The predicted octanol–water partition coefficient (Wildman–Crippen LogP) is 4.21. The molecule has 0 radical (unpaired) electrons. The maximum atomic E-state index is 12.6. The first-order valence-corrected chi connectivity index (χ1v) is 8.65. The van der Waals surface area contributed by atoms with Gasteiger partial charge in [-0.15, -0.1) is 0 Å². The van der Waals surface area contributed by atoms with Gasteiger partial charge < -0.3 is 9.47 Å². The van der Waals surface area contributed by atoms with Crippen molar-refractivity contribution in [2.45, 2.75) is 29.3 Å². The van der Waals surface area contributed by atoms with E-state index < -0.39 is 16.9 Å². The first-order chi connectivity index (χ1) is 11.6. The largest absolute Gasteiger partial charge is 0.457 e. The SMILES string of the molecule is O=C1CCC(Sc2ccccc2Cl)(C(=O)OCc2ccccc2)O1. The van der Waals surface area contributed by atoms with Crippen LogP contribution in [0.2, 0.25) is 5.02 Å². The molecule has 0 spiro atoms. The lowest BCUT2D eigenvalue weighted by Crippen LogP contribution is -2.36. The molecule has 0 aromatic heterocycles. The van der Waals surface area contributed by atoms with Crippen LogP contribution in [0, 0.1) is 0 Å². The van der Waals surface area contributed by atoms with Gasteiger partial charge >= 0.3 is 11.9 Å². The van der Waals surface area contributed by atoms with Gasteiger partial charge in [0.1, 0.15) is 6.61 Å². The van der Waals surface area contributed by atoms with E-state index in [4.69, 9.17) is 21.1 Å². The van der Waals surface area contributed by atoms with Crippen LogP contribution in [0.15, 0.2) is 59.5 Å². The number of hydrogen-bond donors (Lipinski definition) is 0. The Labute approximate surface area is 149 Å². The van der Waals surface area contributed by atoms with Gasteiger partial charge in [0.05, 0.1) is 11.4 Å². The molecule has 1 heterocycles. The molecule has 3 rings (SSSR count). The topological polar surface area (TPSA) is 52.6 Å². The lowest BCUT2D eigenvalue weighted by molar-refractivity contribution is -0.165. The second-order valence-corrected chi connectivity index (χ2v) is 7.03. The maximum absolute atomic E-state index is 12.6. The Morgan fingerprint density at radius 2 is 1.88 bits per heavy atom. The van der Waals surface area contributed by atoms with E-state index in [9.17, 15) is 9.59 Å². The second-order valence-electron chi connectivity index (χ2n) is 5.32. The molecule has 2 aromatic rings. The lowest BCUT2D eigenvalue weighted by Gasteiger charge is -2.25. The summed E-state index contributed by atoms with van der Waals surface area (Å²) in [6, 6.07) is 16.5. The van der Waals surface area contributed by atoms with Crippen LogP contribution in [0.3, 0.4) is 0 Å². The smallest absolute Gasteiger partial charge is 0.362 e. The van der Waals surface area contributed by atoms with E-state index in [1.807, 2.05) is 36.4 Å². The highest BCUT2D eigenvalue weighted by Crippen LogP contribution is 2.45. The van der Waals surface area contributed by atoms with E-state index in [-0.39, 0.29) is 19.4 Å². The van der Waals surface area contributed by atoms with Crippen molar-refractivity contribution in [2.75, 3.05) is 0 Å². The third-order valence-corrected chi connectivity index (χ3v) is 5.37. The quantitative estimate of drug-likeness (QED) is 0.746. The number of esters is 2. The van der Waals surface area contributed by atoms with Crippen molar-refractivity contribution in [1.82, 2.24) is 0 Å². The summed E-state index contributed by atoms with van der Waals surface area (Å²) in [6.07, 6.45) is 0.438. The first kappa shape index (κ1) is 16.9. The Morgan fingerprint density at radius 3 is 2.54 bits per heavy atom. The minimum absolute atomic E-state index is 0.127. The Bertz CT molecular complexity index is 750. The molecule has 0 saturated carbocycles. The fourth-order valence-electron chi connectivity index (χ4n) is 2.35. The van der Waals surface area contributed by atoms with Crippen molar-refractivity contribution in [1.29, 1.82) is 0 Å². The molecule has 2 aromatic carbocycles. The van der Waals surface area contributed by atoms with Gasteiger partial charge in [0.25, 0.3) is 4.93 Å². The number of benzene rings is 2. The summed E-state index contributed by atoms with van der Waals surface area (Å²) in [5.74, 6) is -0.978. The third kappa shape index (κ3) is 3.74. The highest BCUT2D eigenvalue weighted by atomic mass is 35.5. The van der Waals surface area contributed by atoms with Crippen LogP contribution in [-0.2, 0) is 25.7 Å². The molecule has 1 unspecified atom stereocenters. The number of thioether (sulfide) groups is 1. The monoisotopic (exact) mass is 362 g/mol. The van der Waals surface area contributed by atoms with Gasteiger partial charge in [0.2, 0.25) is 0 Å². The van der Waals surface area contributed by atoms with Crippen molar-refractivity contribution in [3.63, 3.8) is 0 Å². The van der Waals surface area contributed by atoms with E-state index in [1.54, 1.807) is 18.2 Å². The van der Waals surface area contributed by atoms with Crippen molar-refractivity contribution in [3.05, 3.63) is 65.2 Å². The van der Waals surface area contributed by atoms with Gasteiger partial charge in [-0.25, -0.2) is 4.79 Å². The van der Waals surface area contributed by atoms with Crippen LogP contribution in [-0.4, -0.2) is 16.9 Å². The zero-order valence-electron chi connectivity index (χ0n) is 12.7. The third-order valence-electron chi connectivity index (χ3n) is 3.57. The molecule has 0 bridgehead atoms. The van der Waals surface area contributed by atoms with Crippen molar-refractivity contribution < 1.29 is 19.1 Å². The number of halogens is 1. The average molecular weight is 363 g/mol. The van der Waals surface area contributed by atoms with Crippen molar-refractivity contribution in [2.24, 2.45) is 0 Å². The highest BCUT2D eigenvalue weighted by Gasteiger charge is 2.50. The van der Waals surface area contributed by atoms with Crippen LogP contribution >= 0.6 is 23.4 Å². The molecular weight excluding hydrogens is 348 g/mol. The minimum Gasteiger partial charge on any atom is -0.457 e. The van der Waals surface area contributed by atoms with Crippen molar-refractivity contribution in [3.8, 4) is 0 Å². The molecule has 1 saturated heterocycles. The van der Waals surface area contributed by atoms with E-state index in [2.05, 4.69) is 0 Å². The van der Waals surface area contributed by atoms with Crippen LogP contribution < -0.4 is 0 Å². The predicted molar refractivity (Wildman–Crippen MR) is 91.6 cm³/mol. The van der Waals surface area contributed by atoms with Gasteiger partial charge in [-0.1, -0.05) is 65.8 Å². The molecule has 124 valence electrons. The molecule has 24 heavy (non-hydrogen) atoms. The van der Waals surface area contributed by atoms with Gasteiger partial charge in [-0.05, 0) is 17.7 Å². The lowest BCUT2D eigenvalue weighted by atomic mass is 10.2. The number of cyclic esters (lactones) is 1. The standard InChI is InChI=1S/C18H15ClO4S/c19-14-8-4-5-9-15(14)24-18(11-10-16(20)23-18)17(21)22-12-13-6-2-1-3-7-13/h1-9H,10-12H2. The molecular formula is C18H15ClO4S. The Hall–Kier alpha value is -1.98. The summed E-state index contributed by atoms with van der Waals surface area (Å²) in [6.45, 7) is 0.127. The summed E-state index contributed by atoms with van der Waals surface area (Å²) in [4.78, 5) is 23.6. The van der Waals surface area contributed by atoms with Crippen molar-refractivity contribution >= 4 is 35.3 Å². The average Bonchev–Trinajstić information content (AvgIpc) is 2.98. The summed E-state index contributed by atoms with van der Waals surface area (Å²) in [5.41, 5.74) is 0.869. The van der Waals surface area contributed by atoms with E-state index in [0.717, 1.165) is 17.3 Å². The Morgan fingerprint density at radius 1 is 1.17 bits per heavy atom. The second kappa shape index (κ2) is 7.28. The fourth-order valence-corrected chi connectivity index (χ4v) is 3.75. The first-order valence-electron chi connectivity index (χ1n) is 7.46. The van der Waals surface area contributed by atoms with Gasteiger partial charge in [0.15, 0.2) is 0 Å². The number of hydrogen-bond acceptors (Lipinski definition) is 5. The highest BCUT2D eigenvalue weighted by molar-refractivity contribution is 8.01. The number of carbonyl (C=O) groups is 2. The molecule has 0 N–H and O–H groups in total.